The van der Waals surface area contributed by atoms with Crippen LogP contribution in [-0.4, -0.2) is 9.97 Å². The van der Waals surface area contributed by atoms with Gasteiger partial charge in [-0.2, -0.15) is 0 Å². The van der Waals surface area contributed by atoms with Crippen LogP contribution in [0.5, 0.6) is 0 Å². The standard InChI is InChI=1S/C46H28N2S/c1-2-9-29(10-3-1)34-24-43(31-18-16-30(17-19-31)33-11-8-22-47-28-33)48-44(25-34)32-20-21-37-39(23-32)35-12-4-5-13-36(35)41-27-46-42(26-40(37)41)38-14-6-7-15-45(38)49-46/h1-28H. The van der Waals surface area contributed by atoms with E-state index < -0.39 is 0 Å². The van der Waals surface area contributed by atoms with Crippen LogP contribution in [0.3, 0.4) is 0 Å². The quantitative estimate of drug-likeness (QED) is 0.179. The topological polar surface area (TPSA) is 25.8 Å². The molecule has 0 aliphatic heterocycles. The minimum atomic E-state index is 0.948. The number of aromatic nitrogens is 2. The Labute approximate surface area is 287 Å². The number of fused-ring (bicyclic) bond motifs is 9. The van der Waals surface area contributed by atoms with Crippen molar-refractivity contribution < 1.29 is 0 Å². The number of hydrogen-bond acceptors (Lipinski definition) is 3. The van der Waals surface area contributed by atoms with Crippen LogP contribution in [0, 0.1) is 0 Å². The van der Waals surface area contributed by atoms with E-state index in [1.54, 1.807) is 6.20 Å². The van der Waals surface area contributed by atoms with E-state index in [1.807, 2.05) is 23.6 Å². The van der Waals surface area contributed by atoms with E-state index in [-0.39, 0.29) is 0 Å². The first-order chi connectivity index (χ1) is 24.3. The SMILES string of the molecule is c1ccc(-c2cc(-c3ccc(-c4cccnc4)cc3)nc(-c3ccc4c(c3)c3ccccc3c3cc5sc6ccccc6c5cc43)c2)cc1. The van der Waals surface area contributed by atoms with Gasteiger partial charge in [0.05, 0.1) is 11.4 Å². The van der Waals surface area contributed by atoms with Gasteiger partial charge in [0.15, 0.2) is 0 Å². The monoisotopic (exact) mass is 640 g/mol. The van der Waals surface area contributed by atoms with Crippen molar-refractivity contribution in [1.82, 2.24) is 9.97 Å². The Balaban J connectivity index is 1.18. The molecule has 3 aromatic heterocycles. The second kappa shape index (κ2) is 11.2. The van der Waals surface area contributed by atoms with E-state index in [9.17, 15) is 0 Å². The average Bonchev–Trinajstić information content (AvgIpc) is 3.55. The zero-order chi connectivity index (χ0) is 32.3. The second-order valence-electron chi connectivity index (χ2n) is 12.6. The summed E-state index contributed by atoms with van der Waals surface area (Å²) in [4.78, 5) is 9.61. The zero-order valence-electron chi connectivity index (χ0n) is 26.5. The number of hydrogen-bond donors (Lipinski definition) is 0. The molecule has 2 nitrogen and oxygen atoms in total. The van der Waals surface area contributed by atoms with E-state index in [0.717, 1.165) is 39.2 Å². The summed E-state index contributed by atoms with van der Waals surface area (Å²) in [6.07, 6.45) is 3.71. The Kier molecular flexibility index (Phi) is 6.39. The van der Waals surface area contributed by atoms with Crippen LogP contribution in [-0.2, 0) is 0 Å². The molecule has 3 heteroatoms. The summed E-state index contributed by atoms with van der Waals surface area (Å²) in [6, 6.07) is 57.1. The summed E-state index contributed by atoms with van der Waals surface area (Å²) in [7, 11) is 0. The lowest BCUT2D eigenvalue weighted by Crippen LogP contribution is -1.92. The smallest absolute Gasteiger partial charge is 0.0715 e. The van der Waals surface area contributed by atoms with Gasteiger partial charge in [-0.1, -0.05) is 115 Å². The summed E-state index contributed by atoms with van der Waals surface area (Å²) < 4.78 is 2.66. The predicted molar refractivity (Wildman–Crippen MR) is 209 cm³/mol. The number of pyridine rings is 2. The van der Waals surface area contributed by atoms with Gasteiger partial charge in [0, 0.05) is 43.7 Å². The van der Waals surface area contributed by atoms with Crippen molar-refractivity contribution in [2.75, 3.05) is 0 Å². The lowest BCUT2D eigenvalue weighted by Gasteiger charge is -2.14. The van der Waals surface area contributed by atoms with Crippen LogP contribution < -0.4 is 0 Å². The maximum atomic E-state index is 5.31. The molecule has 0 bridgehead atoms. The highest BCUT2D eigenvalue weighted by molar-refractivity contribution is 7.25. The first-order valence-electron chi connectivity index (χ1n) is 16.6. The first-order valence-corrected chi connectivity index (χ1v) is 17.4. The predicted octanol–water partition coefficient (Wildman–Crippen LogP) is 13.0. The molecular formula is C46H28N2S. The van der Waals surface area contributed by atoms with Crippen LogP contribution in [0.1, 0.15) is 0 Å². The summed E-state index contributed by atoms with van der Waals surface area (Å²) in [6.45, 7) is 0. The van der Waals surface area contributed by atoms with Crippen LogP contribution in [0.25, 0.3) is 97.3 Å². The van der Waals surface area contributed by atoms with Gasteiger partial charge in [0.2, 0.25) is 0 Å². The molecule has 0 radical (unpaired) electrons. The van der Waals surface area contributed by atoms with E-state index >= 15 is 0 Å². The van der Waals surface area contributed by atoms with Gasteiger partial charge < -0.3 is 0 Å². The third-order valence-corrected chi connectivity index (χ3v) is 10.9. The summed E-state index contributed by atoms with van der Waals surface area (Å²) in [5.74, 6) is 0. The fraction of sp³-hybridized carbons (Fsp3) is 0. The molecule has 0 atom stereocenters. The van der Waals surface area contributed by atoms with Crippen molar-refractivity contribution in [3.63, 3.8) is 0 Å². The molecule has 0 aliphatic carbocycles. The second-order valence-corrected chi connectivity index (χ2v) is 13.7. The van der Waals surface area contributed by atoms with E-state index in [1.165, 1.54) is 58.1 Å². The Bertz CT molecular complexity index is 2850. The summed E-state index contributed by atoms with van der Waals surface area (Å²) >= 11 is 1.88. The highest BCUT2D eigenvalue weighted by atomic mass is 32.1. The van der Waals surface area contributed by atoms with E-state index in [2.05, 4.69) is 157 Å². The highest BCUT2D eigenvalue weighted by Crippen LogP contribution is 2.43. The molecule has 0 spiro atoms. The lowest BCUT2D eigenvalue weighted by molar-refractivity contribution is 1.32. The van der Waals surface area contributed by atoms with Gasteiger partial charge in [0.1, 0.15) is 0 Å². The third-order valence-electron chi connectivity index (χ3n) is 9.74. The fourth-order valence-electron chi connectivity index (χ4n) is 7.32. The Morgan fingerprint density at radius 3 is 1.69 bits per heavy atom. The van der Waals surface area contributed by atoms with Gasteiger partial charge in [-0.05, 0) is 97.0 Å². The van der Waals surface area contributed by atoms with Crippen molar-refractivity contribution >= 4 is 63.8 Å². The van der Waals surface area contributed by atoms with Gasteiger partial charge in [-0.3, -0.25) is 4.98 Å². The zero-order valence-corrected chi connectivity index (χ0v) is 27.3. The molecule has 0 saturated heterocycles. The normalized spacial score (nSPS) is 11.7. The lowest BCUT2D eigenvalue weighted by atomic mass is 9.91. The Morgan fingerprint density at radius 2 is 0.918 bits per heavy atom. The minimum Gasteiger partial charge on any atom is -0.264 e. The third kappa shape index (κ3) is 4.70. The van der Waals surface area contributed by atoms with E-state index in [0.29, 0.717) is 0 Å². The number of nitrogens with zero attached hydrogens (tertiary/aromatic N) is 2. The van der Waals surface area contributed by atoms with Gasteiger partial charge >= 0.3 is 0 Å². The molecule has 0 unspecified atom stereocenters. The molecule has 0 aliphatic rings. The molecule has 3 heterocycles. The van der Waals surface area contributed by atoms with Crippen molar-refractivity contribution in [1.29, 1.82) is 0 Å². The molecular weight excluding hydrogens is 613 g/mol. The van der Waals surface area contributed by atoms with Crippen LogP contribution in [0.2, 0.25) is 0 Å². The molecule has 49 heavy (non-hydrogen) atoms. The molecule has 228 valence electrons. The summed E-state index contributed by atoms with van der Waals surface area (Å²) in [5.41, 5.74) is 8.64. The maximum absolute atomic E-state index is 5.31. The first kappa shape index (κ1) is 27.9. The largest absolute Gasteiger partial charge is 0.264 e. The summed E-state index contributed by atoms with van der Waals surface area (Å²) in [5, 5.41) is 10.3. The fourth-order valence-corrected chi connectivity index (χ4v) is 8.45. The van der Waals surface area contributed by atoms with E-state index in [4.69, 9.17) is 4.98 Å². The molecule has 0 amide bonds. The van der Waals surface area contributed by atoms with Crippen LogP contribution in [0.15, 0.2) is 170 Å². The van der Waals surface area contributed by atoms with Gasteiger partial charge in [-0.25, -0.2) is 4.98 Å². The number of benzene rings is 7. The highest BCUT2D eigenvalue weighted by Gasteiger charge is 2.15. The average molecular weight is 641 g/mol. The molecule has 10 rings (SSSR count). The molecule has 10 aromatic rings. The Morgan fingerprint density at radius 1 is 0.327 bits per heavy atom. The van der Waals surface area contributed by atoms with Crippen LogP contribution >= 0.6 is 11.3 Å². The Hall–Kier alpha value is -6.16. The maximum Gasteiger partial charge on any atom is 0.0715 e. The molecule has 0 saturated carbocycles. The van der Waals surface area contributed by atoms with Crippen molar-refractivity contribution in [2.24, 2.45) is 0 Å². The molecule has 7 aromatic carbocycles. The molecule has 0 N–H and O–H groups in total. The molecule has 0 fully saturated rings. The van der Waals surface area contributed by atoms with Crippen LogP contribution in [0.4, 0.5) is 0 Å². The van der Waals surface area contributed by atoms with Crippen molar-refractivity contribution in [2.45, 2.75) is 0 Å². The van der Waals surface area contributed by atoms with Crippen molar-refractivity contribution in [3.8, 4) is 44.8 Å². The van der Waals surface area contributed by atoms with Gasteiger partial charge in [-0.15, -0.1) is 11.3 Å². The minimum absolute atomic E-state index is 0.948. The van der Waals surface area contributed by atoms with Crippen molar-refractivity contribution in [3.05, 3.63) is 170 Å². The van der Waals surface area contributed by atoms with Gasteiger partial charge in [0.25, 0.3) is 0 Å². The number of thiophene rings is 1. The number of rotatable bonds is 4.